The van der Waals surface area contributed by atoms with E-state index in [1.807, 2.05) is 0 Å². The average molecular weight is 258 g/mol. The van der Waals surface area contributed by atoms with Crippen molar-refractivity contribution in [3.8, 4) is 12.3 Å². The third-order valence-electron chi connectivity index (χ3n) is 3.03. The molecule has 1 heterocycles. The van der Waals surface area contributed by atoms with E-state index in [0.717, 1.165) is 11.1 Å². The van der Waals surface area contributed by atoms with Gasteiger partial charge in [-0.05, 0) is 23.3 Å². The molecular weight excluding hydrogens is 244 g/mol. The van der Waals surface area contributed by atoms with Crippen LogP contribution in [0.1, 0.15) is 21.5 Å². The molecule has 0 saturated carbocycles. The van der Waals surface area contributed by atoms with Crippen molar-refractivity contribution in [1.82, 2.24) is 10.2 Å². The Kier molecular flexibility index (Phi) is 3.83. The first-order chi connectivity index (χ1) is 9.11. The maximum atomic E-state index is 11.9. The minimum absolute atomic E-state index is 0.0386. The van der Waals surface area contributed by atoms with Crippen LogP contribution >= 0.6 is 0 Å². The number of hydrogen-bond donors (Lipinski definition) is 2. The Hall–Kier alpha value is -2.32. The summed E-state index contributed by atoms with van der Waals surface area (Å²) in [5, 5.41) is 11.8. The minimum atomic E-state index is -0.955. The second kappa shape index (κ2) is 5.55. The Morgan fingerprint density at radius 1 is 1.37 bits per heavy atom. The Balaban J connectivity index is 2.02. The molecule has 2 N–H and O–H groups in total. The molecule has 2 rings (SSSR count). The van der Waals surface area contributed by atoms with Gasteiger partial charge >= 0.3 is 5.97 Å². The van der Waals surface area contributed by atoms with Crippen LogP contribution in [0.25, 0.3) is 0 Å². The molecule has 1 amide bonds. The highest BCUT2D eigenvalue weighted by atomic mass is 16.4. The highest BCUT2D eigenvalue weighted by Gasteiger charge is 2.23. The second-order valence-electron chi connectivity index (χ2n) is 4.35. The van der Waals surface area contributed by atoms with E-state index in [1.54, 1.807) is 23.1 Å². The summed E-state index contributed by atoms with van der Waals surface area (Å²) in [5.41, 5.74) is 2.14. The van der Waals surface area contributed by atoms with Crippen molar-refractivity contribution in [2.24, 2.45) is 0 Å². The molecule has 1 aromatic carbocycles. The van der Waals surface area contributed by atoms with Gasteiger partial charge in [-0.2, -0.15) is 0 Å². The summed E-state index contributed by atoms with van der Waals surface area (Å²) in [7, 11) is 0. The Labute approximate surface area is 111 Å². The predicted octanol–water partition coefficient (Wildman–Crippen LogP) is 0.450. The zero-order valence-electron chi connectivity index (χ0n) is 10.3. The van der Waals surface area contributed by atoms with Gasteiger partial charge in [-0.1, -0.05) is 12.0 Å². The molecular formula is C14H14N2O3. The van der Waals surface area contributed by atoms with Gasteiger partial charge in [-0.25, -0.2) is 4.79 Å². The Bertz CT molecular complexity index is 560. The predicted molar refractivity (Wildman–Crippen MR) is 69.4 cm³/mol. The lowest BCUT2D eigenvalue weighted by Crippen LogP contribution is -2.34. The first-order valence-electron chi connectivity index (χ1n) is 5.89. The van der Waals surface area contributed by atoms with Crippen molar-refractivity contribution >= 4 is 11.9 Å². The van der Waals surface area contributed by atoms with Gasteiger partial charge in [-0.3, -0.25) is 10.1 Å². The summed E-state index contributed by atoms with van der Waals surface area (Å²) in [4.78, 5) is 24.4. The molecule has 5 heteroatoms. The van der Waals surface area contributed by atoms with Gasteiger partial charge in [0.2, 0.25) is 5.91 Å². The molecule has 0 radical (unpaired) electrons. The molecule has 98 valence electrons. The van der Waals surface area contributed by atoms with Crippen molar-refractivity contribution in [1.29, 1.82) is 0 Å². The van der Waals surface area contributed by atoms with Crippen LogP contribution in [0, 0.1) is 12.3 Å². The maximum Gasteiger partial charge on any atom is 0.335 e. The van der Waals surface area contributed by atoms with Crippen LogP contribution in [0.15, 0.2) is 18.2 Å². The van der Waals surface area contributed by atoms with Crippen molar-refractivity contribution in [2.75, 3.05) is 13.1 Å². The van der Waals surface area contributed by atoms with Gasteiger partial charge in [0.15, 0.2) is 0 Å². The number of amides is 1. The molecule has 1 aromatic rings. The largest absolute Gasteiger partial charge is 0.478 e. The summed E-state index contributed by atoms with van der Waals surface area (Å²) in [6.07, 6.45) is 5.09. The van der Waals surface area contributed by atoms with Crippen molar-refractivity contribution in [2.45, 2.75) is 13.1 Å². The maximum absolute atomic E-state index is 11.9. The number of carboxylic acids is 1. The number of carbonyl (C=O) groups excluding carboxylic acids is 1. The number of rotatable bonds is 4. The van der Waals surface area contributed by atoms with Crippen molar-refractivity contribution < 1.29 is 14.7 Å². The number of benzene rings is 1. The lowest BCUT2D eigenvalue weighted by molar-refractivity contribution is -0.130. The number of hydrogen-bond acceptors (Lipinski definition) is 3. The summed E-state index contributed by atoms with van der Waals surface area (Å²) in [6.45, 7) is 1.53. The van der Waals surface area contributed by atoms with E-state index in [4.69, 9.17) is 11.5 Å². The molecule has 0 spiro atoms. The van der Waals surface area contributed by atoms with E-state index in [2.05, 4.69) is 11.2 Å². The minimum Gasteiger partial charge on any atom is -0.478 e. The van der Waals surface area contributed by atoms with Gasteiger partial charge in [0, 0.05) is 13.1 Å². The van der Waals surface area contributed by atoms with Crippen molar-refractivity contribution in [3.63, 3.8) is 0 Å². The van der Waals surface area contributed by atoms with E-state index in [1.165, 1.54) is 0 Å². The SMILES string of the molecule is C#CCNCC(=O)N1Cc2ccc(C(=O)O)cc2C1. The fourth-order valence-electron chi connectivity index (χ4n) is 2.06. The van der Waals surface area contributed by atoms with Crippen LogP contribution in [0.2, 0.25) is 0 Å². The van der Waals surface area contributed by atoms with Crippen LogP contribution in [-0.2, 0) is 17.9 Å². The molecule has 0 saturated heterocycles. The first kappa shape index (κ1) is 13.1. The number of terminal acetylenes is 1. The lowest BCUT2D eigenvalue weighted by atomic mass is 10.1. The molecule has 0 bridgehead atoms. The normalized spacial score (nSPS) is 12.9. The van der Waals surface area contributed by atoms with E-state index in [-0.39, 0.29) is 18.0 Å². The van der Waals surface area contributed by atoms with Gasteiger partial charge in [-0.15, -0.1) is 6.42 Å². The van der Waals surface area contributed by atoms with Crippen molar-refractivity contribution in [3.05, 3.63) is 34.9 Å². The van der Waals surface area contributed by atoms with Gasteiger partial charge in [0.05, 0.1) is 18.7 Å². The Morgan fingerprint density at radius 2 is 2.11 bits per heavy atom. The van der Waals surface area contributed by atoms with E-state index in [9.17, 15) is 9.59 Å². The summed E-state index contributed by atoms with van der Waals surface area (Å²) < 4.78 is 0. The lowest BCUT2D eigenvalue weighted by Gasteiger charge is -2.15. The molecule has 1 aliphatic rings. The van der Waals surface area contributed by atoms with Crippen LogP contribution in [0.5, 0.6) is 0 Å². The second-order valence-corrected chi connectivity index (χ2v) is 4.35. The molecule has 0 fully saturated rings. The van der Waals surface area contributed by atoms with E-state index >= 15 is 0 Å². The van der Waals surface area contributed by atoms with E-state index in [0.29, 0.717) is 19.6 Å². The summed E-state index contributed by atoms with van der Waals surface area (Å²) >= 11 is 0. The summed E-state index contributed by atoms with van der Waals surface area (Å²) in [5.74, 6) is 1.41. The number of nitrogens with one attached hydrogen (secondary N) is 1. The molecule has 0 aromatic heterocycles. The average Bonchev–Trinajstić information content (AvgIpc) is 2.81. The zero-order valence-corrected chi connectivity index (χ0v) is 10.3. The molecule has 0 unspecified atom stereocenters. The van der Waals surface area contributed by atoms with Crippen LogP contribution in [0.3, 0.4) is 0 Å². The molecule has 0 aliphatic carbocycles. The number of nitrogens with zero attached hydrogens (tertiary/aromatic N) is 1. The fourth-order valence-corrected chi connectivity index (χ4v) is 2.06. The fraction of sp³-hybridized carbons (Fsp3) is 0.286. The third kappa shape index (κ3) is 2.92. The van der Waals surface area contributed by atoms with Crippen LogP contribution in [-0.4, -0.2) is 35.0 Å². The molecule has 1 aliphatic heterocycles. The number of carboxylic acid groups (broad SMARTS) is 1. The third-order valence-corrected chi connectivity index (χ3v) is 3.03. The van der Waals surface area contributed by atoms with Gasteiger partial charge in [0.1, 0.15) is 0 Å². The zero-order chi connectivity index (χ0) is 13.8. The van der Waals surface area contributed by atoms with Crippen LogP contribution in [0.4, 0.5) is 0 Å². The number of fused-ring (bicyclic) bond motifs is 1. The van der Waals surface area contributed by atoms with Crippen LogP contribution < -0.4 is 5.32 Å². The number of aromatic carboxylic acids is 1. The smallest absolute Gasteiger partial charge is 0.335 e. The first-order valence-corrected chi connectivity index (χ1v) is 5.89. The topological polar surface area (TPSA) is 69.6 Å². The van der Waals surface area contributed by atoms with Gasteiger partial charge < -0.3 is 10.0 Å². The Morgan fingerprint density at radius 3 is 2.79 bits per heavy atom. The quantitative estimate of drug-likeness (QED) is 0.607. The van der Waals surface area contributed by atoms with E-state index < -0.39 is 5.97 Å². The highest BCUT2D eigenvalue weighted by Crippen LogP contribution is 2.23. The number of carbonyl (C=O) groups is 2. The van der Waals surface area contributed by atoms with Gasteiger partial charge in [0.25, 0.3) is 0 Å². The standard InChI is InChI=1S/C14H14N2O3/c1-2-5-15-7-13(17)16-8-11-4-3-10(14(18)19)6-12(11)9-16/h1,3-4,6,15H,5,7-9H2,(H,18,19). The highest BCUT2D eigenvalue weighted by molar-refractivity contribution is 5.88. The monoisotopic (exact) mass is 258 g/mol. The molecule has 19 heavy (non-hydrogen) atoms. The summed E-state index contributed by atoms with van der Waals surface area (Å²) in [6, 6.07) is 4.95. The molecule has 5 nitrogen and oxygen atoms in total. The molecule has 0 atom stereocenters.